The number of aromatic nitrogens is 6. The standard InChI is InChI=1S/C25H23AsN8O/c26-24-22-23(32-34(25(22)29-14-28-24)17-8-9-33(12-17)13-20(27)35)16-6-7-18-19(11-16)31-21(30-18)10-15-4-2-1-3-5-15/h1-7,11,14,17H,8-10,12-13H2,(H2,27,35)(H,30,31). The van der Waals surface area contributed by atoms with E-state index in [4.69, 9.17) is 15.8 Å². The van der Waals surface area contributed by atoms with E-state index in [-0.39, 0.29) is 18.5 Å². The number of carbonyl (C=O) groups excluding carboxylic acids is 1. The summed E-state index contributed by atoms with van der Waals surface area (Å²) in [6, 6.07) is 16.6. The molecule has 9 nitrogen and oxygen atoms in total. The van der Waals surface area contributed by atoms with Crippen LogP contribution in [-0.4, -0.2) is 77.0 Å². The Morgan fingerprint density at radius 2 is 2.03 bits per heavy atom. The van der Waals surface area contributed by atoms with Crippen LogP contribution in [0.15, 0.2) is 54.9 Å². The molecule has 0 aliphatic carbocycles. The number of primary amides is 1. The molecule has 4 heterocycles. The van der Waals surface area contributed by atoms with E-state index in [9.17, 15) is 4.79 Å². The van der Waals surface area contributed by atoms with E-state index in [1.807, 2.05) is 28.9 Å². The number of nitrogens with one attached hydrogen (secondary N) is 1. The average molecular weight is 526 g/mol. The van der Waals surface area contributed by atoms with Crippen molar-refractivity contribution in [1.82, 2.24) is 34.6 Å². The monoisotopic (exact) mass is 526 g/mol. The normalized spacial score (nSPS) is 16.4. The molecule has 6 rings (SSSR count). The molecule has 1 saturated heterocycles. The number of fused-ring (bicyclic) bond motifs is 2. The van der Waals surface area contributed by atoms with Crippen molar-refractivity contribution in [3.8, 4) is 11.3 Å². The van der Waals surface area contributed by atoms with Gasteiger partial charge in [0.2, 0.25) is 0 Å². The minimum absolute atomic E-state index is 0.112. The van der Waals surface area contributed by atoms with Gasteiger partial charge in [0.1, 0.15) is 0 Å². The number of amides is 1. The molecule has 10 heteroatoms. The van der Waals surface area contributed by atoms with E-state index < -0.39 is 0 Å². The van der Waals surface area contributed by atoms with E-state index >= 15 is 0 Å². The minimum atomic E-state index is -0.313. The van der Waals surface area contributed by atoms with Crippen molar-refractivity contribution in [3.63, 3.8) is 0 Å². The third-order valence-corrected chi connectivity index (χ3v) is 7.17. The third kappa shape index (κ3) is 4.22. The molecule has 0 bridgehead atoms. The summed E-state index contributed by atoms with van der Waals surface area (Å²) >= 11 is 2.53. The van der Waals surface area contributed by atoms with Gasteiger partial charge in [-0.15, -0.1) is 0 Å². The quantitative estimate of drug-likeness (QED) is 0.324. The van der Waals surface area contributed by atoms with E-state index in [2.05, 4.69) is 61.0 Å². The van der Waals surface area contributed by atoms with Crippen LogP contribution in [0.25, 0.3) is 33.3 Å². The van der Waals surface area contributed by atoms with Crippen molar-refractivity contribution in [1.29, 1.82) is 0 Å². The molecule has 5 aromatic rings. The van der Waals surface area contributed by atoms with Gasteiger partial charge in [-0.2, -0.15) is 0 Å². The van der Waals surface area contributed by atoms with Crippen LogP contribution in [0.3, 0.4) is 0 Å². The zero-order valence-corrected chi connectivity index (χ0v) is 20.8. The van der Waals surface area contributed by atoms with Crippen LogP contribution < -0.4 is 10.2 Å². The fourth-order valence-electron chi connectivity index (χ4n) is 4.87. The topological polar surface area (TPSA) is 119 Å². The van der Waals surface area contributed by atoms with Crippen molar-refractivity contribution in [2.24, 2.45) is 5.73 Å². The Labute approximate surface area is 210 Å². The van der Waals surface area contributed by atoms with E-state index in [0.717, 1.165) is 63.0 Å². The predicted octanol–water partition coefficient (Wildman–Crippen LogP) is 1.49. The first kappa shape index (κ1) is 21.9. The Balaban J connectivity index is 1.38. The van der Waals surface area contributed by atoms with Gasteiger partial charge in [-0.1, -0.05) is 6.07 Å². The van der Waals surface area contributed by atoms with Crippen molar-refractivity contribution in [2.45, 2.75) is 18.9 Å². The van der Waals surface area contributed by atoms with Crippen LogP contribution in [0.4, 0.5) is 0 Å². The van der Waals surface area contributed by atoms with Gasteiger partial charge in [-0.25, -0.2) is 0 Å². The maximum absolute atomic E-state index is 11.4. The van der Waals surface area contributed by atoms with Crippen LogP contribution in [0, 0.1) is 0 Å². The van der Waals surface area contributed by atoms with Crippen LogP contribution in [-0.2, 0) is 11.2 Å². The SMILES string of the molecule is NC(=O)CN1CCC(n2nc(-c3ccc4nc(Cc5ccccc5)[nH]c4c3)c3c([As])ncnc32)C1. The fourth-order valence-corrected chi connectivity index (χ4v) is 5.41. The molecule has 174 valence electrons. The Bertz CT molecular complexity index is 1540. The Kier molecular flexibility index (Phi) is 5.58. The maximum atomic E-state index is 11.4. The number of benzene rings is 2. The van der Waals surface area contributed by atoms with Gasteiger partial charge in [0.05, 0.1) is 0 Å². The summed E-state index contributed by atoms with van der Waals surface area (Å²) < 4.78 is 2.81. The summed E-state index contributed by atoms with van der Waals surface area (Å²) in [4.78, 5) is 30.7. The fraction of sp³-hybridized carbons (Fsp3) is 0.240. The van der Waals surface area contributed by atoms with E-state index in [1.54, 1.807) is 6.33 Å². The van der Waals surface area contributed by atoms with E-state index in [1.165, 1.54) is 5.56 Å². The average Bonchev–Trinajstić information content (AvgIpc) is 3.56. The molecule has 0 spiro atoms. The predicted molar refractivity (Wildman–Crippen MR) is 134 cm³/mol. The number of hydrogen-bond acceptors (Lipinski definition) is 6. The molecule has 2 radical (unpaired) electrons. The number of nitrogens with zero attached hydrogens (tertiary/aromatic N) is 6. The summed E-state index contributed by atoms with van der Waals surface area (Å²) in [6.07, 6.45) is 3.20. The van der Waals surface area contributed by atoms with Crippen LogP contribution in [0.5, 0.6) is 0 Å². The molecule has 3 aromatic heterocycles. The first-order chi connectivity index (χ1) is 17.0. The summed E-state index contributed by atoms with van der Waals surface area (Å²) in [5, 5.41) is 5.94. The molecule has 1 aliphatic heterocycles. The number of rotatable bonds is 6. The molecule has 0 saturated carbocycles. The second-order valence-electron chi connectivity index (χ2n) is 8.91. The number of H-pyrrole nitrogens is 1. The Morgan fingerprint density at radius 1 is 1.17 bits per heavy atom. The van der Waals surface area contributed by atoms with Crippen LogP contribution >= 0.6 is 0 Å². The molecule has 1 atom stereocenters. The molecule has 35 heavy (non-hydrogen) atoms. The van der Waals surface area contributed by atoms with Crippen molar-refractivity contribution in [3.05, 3.63) is 66.2 Å². The van der Waals surface area contributed by atoms with Gasteiger partial charge in [-0.05, 0) is 0 Å². The number of nitrogens with two attached hydrogens (primary N) is 1. The Morgan fingerprint density at radius 3 is 2.86 bits per heavy atom. The van der Waals surface area contributed by atoms with E-state index in [0.29, 0.717) is 6.54 Å². The molecule has 3 N–H and O–H groups in total. The first-order valence-corrected chi connectivity index (χ1v) is 12.4. The van der Waals surface area contributed by atoms with Crippen molar-refractivity contribution >= 4 is 49.3 Å². The first-order valence-electron chi connectivity index (χ1n) is 11.5. The summed E-state index contributed by atoms with van der Waals surface area (Å²) in [5.74, 6) is 0.613. The number of likely N-dealkylation sites (tertiary alicyclic amines) is 1. The second-order valence-corrected chi connectivity index (χ2v) is 9.80. The molecule has 1 aliphatic rings. The van der Waals surface area contributed by atoms with Crippen LogP contribution in [0.2, 0.25) is 0 Å². The van der Waals surface area contributed by atoms with Crippen molar-refractivity contribution in [2.75, 3.05) is 19.6 Å². The molecule has 1 fully saturated rings. The van der Waals surface area contributed by atoms with Crippen LogP contribution in [0.1, 0.15) is 23.9 Å². The number of imidazole rings is 1. The zero-order valence-electron chi connectivity index (χ0n) is 18.9. The zero-order chi connectivity index (χ0) is 23.9. The Hall–Kier alpha value is -3.55. The number of hydrogen-bond donors (Lipinski definition) is 2. The van der Waals surface area contributed by atoms with Gasteiger partial charge in [0, 0.05) is 0 Å². The van der Waals surface area contributed by atoms with Gasteiger partial charge < -0.3 is 0 Å². The summed E-state index contributed by atoms with van der Waals surface area (Å²) in [5.41, 5.74) is 11.1. The van der Waals surface area contributed by atoms with Gasteiger partial charge in [-0.3, -0.25) is 0 Å². The number of aromatic amines is 1. The third-order valence-electron chi connectivity index (χ3n) is 6.46. The second kappa shape index (κ2) is 8.91. The van der Waals surface area contributed by atoms with Gasteiger partial charge in [0.25, 0.3) is 0 Å². The molecule has 1 unspecified atom stereocenters. The molecule has 2 aromatic carbocycles. The van der Waals surface area contributed by atoms with Gasteiger partial charge >= 0.3 is 204 Å². The molecular formula is C25H23AsN8O. The number of carbonyl (C=O) groups is 1. The molecule has 1 amide bonds. The molecular weight excluding hydrogens is 503 g/mol. The summed E-state index contributed by atoms with van der Waals surface area (Å²) in [6.45, 7) is 1.77. The summed E-state index contributed by atoms with van der Waals surface area (Å²) in [7, 11) is 0. The van der Waals surface area contributed by atoms with Gasteiger partial charge in [0.15, 0.2) is 0 Å². The van der Waals surface area contributed by atoms with Crippen molar-refractivity contribution < 1.29 is 4.79 Å².